The molecule has 4 aromatic rings. The smallest absolute Gasteiger partial charge is 0.344 e. The number of methoxy groups -OCH3 is 1. The first kappa shape index (κ1) is 23.1. The Morgan fingerprint density at radius 2 is 1.88 bits per heavy atom. The van der Waals surface area contributed by atoms with Gasteiger partial charge >= 0.3 is 5.97 Å². The number of hydrogen-bond acceptors (Lipinski definition) is 5. The van der Waals surface area contributed by atoms with E-state index < -0.39 is 11.8 Å². The number of halogens is 2. The number of para-hydroxylation sites is 1. The van der Waals surface area contributed by atoms with Crippen molar-refractivity contribution in [1.29, 1.82) is 0 Å². The van der Waals surface area contributed by atoms with Gasteiger partial charge in [-0.1, -0.05) is 59.6 Å². The summed E-state index contributed by atoms with van der Waals surface area (Å²) in [6, 6.07) is 19.9. The van der Waals surface area contributed by atoms with Gasteiger partial charge in [0.25, 0.3) is 0 Å². The summed E-state index contributed by atoms with van der Waals surface area (Å²) in [5.74, 6) is -0.155. The zero-order valence-electron chi connectivity index (χ0n) is 18.1. The Morgan fingerprint density at radius 1 is 1.09 bits per heavy atom. The molecule has 7 heteroatoms. The number of thioether (sulfide) groups is 1. The molecule has 0 radical (unpaired) electrons. The Labute approximate surface area is 200 Å². The first-order chi connectivity index (χ1) is 16.0. The van der Waals surface area contributed by atoms with Crippen LogP contribution in [-0.2, 0) is 17.1 Å². The molecule has 4 rings (SSSR count). The third-order valence-corrected chi connectivity index (χ3v) is 6.48. The van der Waals surface area contributed by atoms with Crippen molar-refractivity contribution in [1.82, 2.24) is 4.98 Å². The number of aryl methyl sites for hydroxylation is 1. The van der Waals surface area contributed by atoms with Gasteiger partial charge in [0.1, 0.15) is 28.8 Å². The number of pyridine rings is 1. The zero-order chi connectivity index (χ0) is 23.4. The third-order valence-electron chi connectivity index (χ3n) is 5.08. The molecule has 3 aromatic carbocycles. The molecule has 0 atom stereocenters. The number of rotatable bonds is 7. The Morgan fingerprint density at radius 3 is 2.64 bits per heavy atom. The lowest BCUT2D eigenvalue weighted by Gasteiger charge is -2.17. The Hall–Kier alpha value is -3.09. The van der Waals surface area contributed by atoms with Crippen molar-refractivity contribution in [3.8, 4) is 5.75 Å². The van der Waals surface area contributed by atoms with E-state index in [1.807, 2.05) is 49.4 Å². The van der Waals surface area contributed by atoms with Gasteiger partial charge in [-0.25, -0.2) is 14.2 Å². The second kappa shape index (κ2) is 10.2. The molecule has 0 saturated carbocycles. The lowest BCUT2D eigenvalue weighted by molar-refractivity contribution is 0.0590. The number of benzene rings is 3. The predicted octanol–water partition coefficient (Wildman–Crippen LogP) is 6.99. The van der Waals surface area contributed by atoms with E-state index in [0.29, 0.717) is 27.4 Å². The highest BCUT2D eigenvalue weighted by molar-refractivity contribution is 7.98. The van der Waals surface area contributed by atoms with Crippen LogP contribution in [0.3, 0.4) is 0 Å². The van der Waals surface area contributed by atoms with Crippen LogP contribution in [0, 0.1) is 12.7 Å². The van der Waals surface area contributed by atoms with Gasteiger partial charge in [0.05, 0.1) is 17.6 Å². The van der Waals surface area contributed by atoms with Crippen LogP contribution >= 0.6 is 23.4 Å². The summed E-state index contributed by atoms with van der Waals surface area (Å²) < 4.78 is 25.5. The molecule has 1 heterocycles. The molecule has 33 heavy (non-hydrogen) atoms. The molecule has 0 fully saturated rings. The molecule has 0 aliphatic heterocycles. The van der Waals surface area contributed by atoms with Gasteiger partial charge in [0.2, 0.25) is 0 Å². The quantitative estimate of drug-likeness (QED) is 0.210. The number of carbonyl (C=O) groups excluding carboxylic acids is 1. The Balaban J connectivity index is 1.78. The summed E-state index contributed by atoms with van der Waals surface area (Å²) in [5, 5.41) is 1.36. The lowest BCUT2D eigenvalue weighted by Crippen LogP contribution is -2.10. The van der Waals surface area contributed by atoms with Crippen LogP contribution < -0.4 is 4.74 Å². The predicted molar refractivity (Wildman–Crippen MR) is 130 cm³/mol. The van der Waals surface area contributed by atoms with Crippen molar-refractivity contribution < 1.29 is 18.7 Å². The number of nitrogens with zero attached hydrogens (tertiary/aromatic N) is 1. The summed E-state index contributed by atoms with van der Waals surface area (Å²) in [7, 11) is 1.31. The Kier molecular flexibility index (Phi) is 7.16. The maximum Gasteiger partial charge on any atom is 0.344 e. The van der Waals surface area contributed by atoms with Crippen LogP contribution in [0.25, 0.3) is 10.9 Å². The summed E-state index contributed by atoms with van der Waals surface area (Å²) in [4.78, 5) is 17.6. The van der Waals surface area contributed by atoms with Crippen molar-refractivity contribution in [2.75, 3.05) is 7.11 Å². The average molecular weight is 482 g/mol. The number of fused-ring (bicyclic) bond motifs is 1. The number of ether oxygens (including phenoxy) is 2. The standard InChI is InChI=1S/C26H21ClFNO3S/c1-16-7-5-8-17(13-16)15-33-25-23(26(30)31-2)24(18-9-3-4-12-22(18)29-25)32-14-19-20(27)10-6-11-21(19)28/h3-13H,14-15H2,1-2H3. The van der Waals surface area contributed by atoms with Crippen molar-refractivity contribution in [2.45, 2.75) is 24.3 Å². The third kappa shape index (κ3) is 5.13. The molecule has 168 valence electrons. The van der Waals surface area contributed by atoms with E-state index in [2.05, 4.69) is 6.07 Å². The maximum atomic E-state index is 14.3. The number of carbonyl (C=O) groups is 1. The molecule has 0 unspecified atom stereocenters. The average Bonchev–Trinajstić information content (AvgIpc) is 2.81. The van der Waals surface area contributed by atoms with Crippen LogP contribution in [0.2, 0.25) is 5.02 Å². The van der Waals surface area contributed by atoms with Gasteiger partial charge in [-0.3, -0.25) is 0 Å². The maximum absolute atomic E-state index is 14.3. The summed E-state index contributed by atoms with van der Waals surface area (Å²) in [6.45, 7) is 1.88. The van der Waals surface area contributed by atoms with E-state index in [1.54, 1.807) is 6.07 Å². The van der Waals surface area contributed by atoms with Gasteiger partial charge in [0.15, 0.2) is 0 Å². The number of aromatic nitrogens is 1. The second-order valence-corrected chi connectivity index (χ2v) is 8.77. The molecular formula is C26H21ClFNO3S. The number of hydrogen-bond donors (Lipinski definition) is 0. The molecule has 4 nitrogen and oxygen atoms in total. The van der Waals surface area contributed by atoms with Crippen LogP contribution in [-0.4, -0.2) is 18.1 Å². The monoisotopic (exact) mass is 481 g/mol. The van der Waals surface area contributed by atoms with Crippen molar-refractivity contribution >= 4 is 40.2 Å². The molecule has 0 amide bonds. The molecule has 0 bridgehead atoms. The van der Waals surface area contributed by atoms with Crippen LogP contribution in [0.4, 0.5) is 4.39 Å². The van der Waals surface area contributed by atoms with Crippen molar-refractivity contribution in [3.05, 3.63) is 99.8 Å². The molecule has 0 N–H and O–H groups in total. The van der Waals surface area contributed by atoms with Gasteiger partial charge in [0, 0.05) is 16.7 Å². The van der Waals surface area contributed by atoms with Crippen LogP contribution in [0.1, 0.15) is 27.0 Å². The second-order valence-electron chi connectivity index (χ2n) is 7.40. The highest BCUT2D eigenvalue weighted by atomic mass is 35.5. The first-order valence-corrected chi connectivity index (χ1v) is 11.6. The van der Waals surface area contributed by atoms with E-state index >= 15 is 0 Å². The fourth-order valence-corrected chi connectivity index (χ4v) is 4.65. The number of esters is 1. The largest absolute Gasteiger partial charge is 0.487 e. The molecule has 0 aliphatic rings. The van der Waals surface area contributed by atoms with Gasteiger partial charge in [-0.15, -0.1) is 11.8 Å². The fourth-order valence-electron chi connectivity index (χ4n) is 3.46. The van der Waals surface area contributed by atoms with E-state index in [0.717, 1.165) is 11.1 Å². The SMILES string of the molecule is COC(=O)c1c(SCc2cccc(C)c2)nc2ccccc2c1OCc1c(F)cccc1Cl. The summed E-state index contributed by atoms with van der Waals surface area (Å²) >= 11 is 7.59. The molecule has 0 aliphatic carbocycles. The highest BCUT2D eigenvalue weighted by Crippen LogP contribution is 2.38. The molecule has 1 aromatic heterocycles. The van der Waals surface area contributed by atoms with E-state index in [4.69, 9.17) is 26.1 Å². The normalized spacial score (nSPS) is 10.9. The minimum atomic E-state index is -0.574. The van der Waals surface area contributed by atoms with Gasteiger partial charge in [-0.05, 0) is 36.8 Å². The Bertz CT molecular complexity index is 1310. The fraction of sp³-hybridized carbons (Fsp3) is 0.154. The van der Waals surface area contributed by atoms with E-state index in [1.165, 1.54) is 31.0 Å². The molecular weight excluding hydrogens is 461 g/mol. The molecule has 0 spiro atoms. The van der Waals surface area contributed by atoms with Crippen LogP contribution in [0.5, 0.6) is 5.75 Å². The first-order valence-electron chi connectivity index (χ1n) is 10.2. The van der Waals surface area contributed by atoms with Crippen molar-refractivity contribution in [2.24, 2.45) is 0 Å². The summed E-state index contributed by atoms with van der Waals surface area (Å²) in [5.41, 5.74) is 3.34. The van der Waals surface area contributed by atoms with Gasteiger partial charge in [-0.2, -0.15) is 0 Å². The molecule has 0 saturated heterocycles. The van der Waals surface area contributed by atoms with Crippen molar-refractivity contribution in [3.63, 3.8) is 0 Å². The van der Waals surface area contributed by atoms with Crippen LogP contribution in [0.15, 0.2) is 71.8 Å². The topological polar surface area (TPSA) is 48.4 Å². The highest BCUT2D eigenvalue weighted by Gasteiger charge is 2.24. The minimum Gasteiger partial charge on any atom is -0.487 e. The summed E-state index contributed by atoms with van der Waals surface area (Å²) in [6.07, 6.45) is 0. The minimum absolute atomic E-state index is 0.147. The van der Waals surface area contributed by atoms with E-state index in [-0.39, 0.29) is 22.8 Å². The van der Waals surface area contributed by atoms with E-state index in [9.17, 15) is 9.18 Å². The van der Waals surface area contributed by atoms with Gasteiger partial charge < -0.3 is 9.47 Å². The zero-order valence-corrected chi connectivity index (χ0v) is 19.7. The lowest BCUT2D eigenvalue weighted by atomic mass is 10.1.